The summed E-state index contributed by atoms with van der Waals surface area (Å²) in [7, 11) is 0. The molecule has 0 spiro atoms. The van der Waals surface area contributed by atoms with Gasteiger partial charge in [-0.1, -0.05) is 38.1 Å². The quantitative estimate of drug-likeness (QED) is 0.417. The molecule has 8 nitrogen and oxygen atoms in total. The van der Waals surface area contributed by atoms with E-state index in [1.165, 1.54) is 11.1 Å². The zero-order valence-corrected chi connectivity index (χ0v) is 15.9. The molecular formula is C20H28N2O6. The van der Waals surface area contributed by atoms with Crippen LogP contribution in [0.2, 0.25) is 0 Å². The van der Waals surface area contributed by atoms with Crippen LogP contribution in [0.25, 0.3) is 0 Å². The highest BCUT2D eigenvalue weighted by Gasteiger charge is 2.29. The van der Waals surface area contributed by atoms with Crippen LogP contribution in [0.5, 0.6) is 0 Å². The maximum absolute atomic E-state index is 9.77. The van der Waals surface area contributed by atoms with Crippen LogP contribution in [0.4, 0.5) is 11.4 Å². The molecule has 0 aliphatic carbocycles. The number of carboxylic acids is 2. The van der Waals surface area contributed by atoms with Crippen LogP contribution in [0, 0.1) is 0 Å². The predicted molar refractivity (Wildman–Crippen MR) is 108 cm³/mol. The van der Waals surface area contributed by atoms with Crippen molar-refractivity contribution in [1.82, 2.24) is 0 Å². The standard InChI is InChI=1S/2C8H11N.C4H6O6/c2*1-2-7-3-5-8(9)6-4-7;5-1(3(7)8)2(6)4(9)10/h2*3-6H,2,9H2,1H3;1-2,5-6H,(H,7,8)(H,9,10). The number of hydrogen-bond acceptors (Lipinski definition) is 6. The number of aliphatic hydroxyl groups is 2. The molecule has 0 saturated carbocycles. The topological polar surface area (TPSA) is 167 Å². The number of anilines is 2. The summed E-state index contributed by atoms with van der Waals surface area (Å²) < 4.78 is 0. The van der Waals surface area contributed by atoms with E-state index in [9.17, 15) is 9.59 Å². The molecule has 2 atom stereocenters. The van der Waals surface area contributed by atoms with Crippen molar-refractivity contribution < 1.29 is 30.0 Å². The molecule has 0 amide bonds. The van der Waals surface area contributed by atoms with Crippen molar-refractivity contribution in [3.63, 3.8) is 0 Å². The van der Waals surface area contributed by atoms with Crippen LogP contribution in [-0.2, 0) is 22.4 Å². The Kier molecular flexibility index (Phi) is 11.7. The largest absolute Gasteiger partial charge is 0.479 e. The molecule has 0 saturated heterocycles. The second-order valence-corrected chi connectivity index (χ2v) is 5.76. The van der Waals surface area contributed by atoms with Gasteiger partial charge in [-0.15, -0.1) is 0 Å². The fourth-order valence-corrected chi connectivity index (χ4v) is 1.78. The van der Waals surface area contributed by atoms with E-state index >= 15 is 0 Å². The summed E-state index contributed by atoms with van der Waals surface area (Å²) in [6, 6.07) is 15.9. The number of rotatable bonds is 5. The first-order chi connectivity index (χ1) is 13.1. The Balaban J connectivity index is 0.000000391. The molecule has 154 valence electrons. The van der Waals surface area contributed by atoms with Gasteiger partial charge < -0.3 is 31.9 Å². The van der Waals surface area contributed by atoms with Crippen LogP contribution in [0.1, 0.15) is 25.0 Å². The van der Waals surface area contributed by atoms with E-state index in [2.05, 4.69) is 38.1 Å². The number of aliphatic carboxylic acids is 2. The molecule has 8 N–H and O–H groups in total. The Morgan fingerprint density at radius 2 is 0.964 bits per heavy atom. The molecule has 0 radical (unpaired) electrons. The smallest absolute Gasteiger partial charge is 0.335 e. The maximum Gasteiger partial charge on any atom is 0.335 e. The van der Waals surface area contributed by atoms with E-state index in [4.69, 9.17) is 31.9 Å². The number of aliphatic hydroxyl groups excluding tert-OH is 2. The lowest BCUT2D eigenvalue weighted by Crippen LogP contribution is -2.39. The van der Waals surface area contributed by atoms with Crippen LogP contribution in [0.3, 0.4) is 0 Å². The fourth-order valence-electron chi connectivity index (χ4n) is 1.78. The minimum absolute atomic E-state index is 0.840. The van der Waals surface area contributed by atoms with Crippen LogP contribution in [-0.4, -0.2) is 44.6 Å². The summed E-state index contributed by atoms with van der Waals surface area (Å²) in [5, 5.41) is 32.5. The van der Waals surface area contributed by atoms with E-state index in [0.29, 0.717) is 0 Å². The predicted octanol–water partition coefficient (Wildman–Crippen LogP) is 1.54. The maximum atomic E-state index is 9.77. The number of nitrogens with two attached hydrogens (primary N) is 2. The van der Waals surface area contributed by atoms with Crippen LogP contribution < -0.4 is 11.5 Å². The third-order valence-electron chi connectivity index (χ3n) is 3.58. The van der Waals surface area contributed by atoms with Gasteiger partial charge in [-0.25, -0.2) is 9.59 Å². The first-order valence-electron chi connectivity index (χ1n) is 8.62. The van der Waals surface area contributed by atoms with Gasteiger partial charge in [0, 0.05) is 11.4 Å². The third kappa shape index (κ3) is 10.1. The number of carboxylic acid groups (broad SMARTS) is 2. The number of aryl methyl sites for hydroxylation is 2. The van der Waals surface area contributed by atoms with E-state index in [0.717, 1.165) is 24.2 Å². The average Bonchev–Trinajstić information content (AvgIpc) is 2.69. The molecule has 0 aromatic heterocycles. The molecule has 0 aliphatic rings. The second-order valence-electron chi connectivity index (χ2n) is 5.76. The highest BCUT2D eigenvalue weighted by molar-refractivity contribution is 5.83. The van der Waals surface area contributed by atoms with Gasteiger partial charge in [0.25, 0.3) is 0 Å². The number of benzene rings is 2. The van der Waals surface area contributed by atoms with Crippen molar-refractivity contribution in [2.75, 3.05) is 11.5 Å². The van der Waals surface area contributed by atoms with Crippen molar-refractivity contribution >= 4 is 23.3 Å². The monoisotopic (exact) mass is 392 g/mol. The molecule has 0 aliphatic heterocycles. The van der Waals surface area contributed by atoms with Crippen LogP contribution in [0.15, 0.2) is 48.5 Å². The zero-order valence-electron chi connectivity index (χ0n) is 15.9. The fraction of sp³-hybridized carbons (Fsp3) is 0.300. The van der Waals surface area contributed by atoms with E-state index < -0.39 is 24.1 Å². The van der Waals surface area contributed by atoms with Gasteiger partial charge in [0.05, 0.1) is 0 Å². The molecule has 2 aromatic carbocycles. The van der Waals surface area contributed by atoms with Crippen molar-refractivity contribution in [2.24, 2.45) is 0 Å². The minimum Gasteiger partial charge on any atom is -0.479 e. The van der Waals surface area contributed by atoms with Crippen molar-refractivity contribution in [2.45, 2.75) is 38.9 Å². The molecule has 2 unspecified atom stereocenters. The van der Waals surface area contributed by atoms with E-state index in [-0.39, 0.29) is 0 Å². The average molecular weight is 392 g/mol. The van der Waals surface area contributed by atoms with Crippen molar-refractivity contribution in [1.29, 1.82) is 0 Å². The Morgan fingerprint density at radius 1 is 0.714 bits per heavy atom. The van der Waals surface area contributed by atoms with Gasteiger partial charge in [-0.2, -0.15) is 0 Å². The number of hydrogen-bond donors (Lipinski definition) is 6. The molecule has 0 bridgehead atoms. The Labute approximate surface area is 164 Å². The van der Waals surface area contributed by atoms with Crippen molar-refractivity contribution in [3.05, 3.63) is 59.7 Å². The van der Waals surface area contributed by atoms with Crippen molar-refractivity contribution in [3.8, 4) is 0 Å². The second kappa shape index (κ2) is 13.1. The molecule has 0 fully saturated rings. The summed E-state index contributed by atoms with van der Waals surface area (Å²) in [6.07, 6.45) is -2.37. The highest BCUT2D eigenvalue weighted by atomic mass is 16.4. The molecular weight excluding hydrogens is 364 g/mol. The Bertz CT molecular complexity index is 653. The Hall–Kier alpha value is -3.10. The SMILES string of the molecule is CCc1ccc(N)cc1.CCc1ccc(N)cc1.O=C(O)C(O)C(O)C(=O)O. The molecule has 2 rings (SSSR count). The van der Waals surface area contributed by atoms with Gasteiger partial charge in [0.15, 0.2) is 12.2 Å². The first-order valence-corrected chi connectivity index (χ1v) is 8.62. The van der Waals surface area contributed by atoms with Gasteiger partial charge in [-0.05, 0) is 48.2 Å². The normalized spacial score (nSPS) is 11.7. The summed E-state index contributed by atoms with van der Waals surface area (Å²) in [6.45, 7) is 4.26. The van der Waals surface area contributed by atoms with E-state index in [1.54, 1.807) is 0 Å². The van der Waals surface area contributed by atoms with Gasteiger partial charge in [0.1, 0.15) is 0 Å². The highest BCUT2D eigenvalue weighted by Crippen LogP contribution is 2.05. The van der Waals surface area contributed by atoms with Gasteiger partial charge in [-0.3, -0.25) is 0 Å². The Morgan fingerprint density at radius 3 is 1.14 bits per heavy atom. The summed E-state index contributed by atoms with van der Waals surface area (Å²) in [5.74, 6) is -3.54. The molecule has 28 heavy (non-hydrogen) atoms. The molecule has 0 heterocycles. The third-order valence-corrected chi connectivity index (χ3v) is 3.58. The van der Waals surface area contributed by atoms with Gasteiger partial charge >= 0.3 is 11.9 Å². The summed E-state index contributed by atoms with van der Waals surface area (Å²) >= 11 is 0. The summed E-state index contributed by atoms with van der Waals surface area (Å²) in [4.78, 5) is 19.5. The first kappa shape index (κ1) is 24.9. The van der Waals surface area contributed by atoms with E-state index in [1.807, 2.05) is 24.3 Å². The molecule has 8 heteroatoms. The minimum atomic E-state index is -2.27. The lowest BCUT2D eigenvalue weighted by molar-refractivity contribution is -0.165. The number of carbonyl (C=O) groups is 2. The number of nitrogen functional groups attached to an aromatic ring is 2. The van der Waals surface area contributed by atoms with Gasteiger partial charge in [0.2, 0.25) is 0 Å². The lowest BCUT2D eigenvalue weighted by Gasteiger charge is -2.07. The lowest BCUT2D eigenvalue weighted by atomic mass is 10.2. The van der Waals surface area contributed by atoms with Crippen LogP contribution >= 0.6 is 0 Å². The summed E-state index contributed by atoms with van der Waals surface area (Å²) in [5.41, 5.74) is 15.3. The zero-order chi connectivity index (χ0) is 21.7. The molecule has 2 aromatic rings.